The molecule has 5 rings (SSSR count). The molecule has 2 aromatic rings. The van der Waals surface area contributed by atoms with Gasteiger partial charge in [-0.1, -0.05) is 12.6 Å². The van der Waals surface area contributed by atoms with Crippen LogP contribution in [0.15, 0.2) is 42.8 Å². The van der Waals surface area contributed by atoms with E-state index >= 15 is 0 Å². The highest BCUT2D eigenvalue weighted by molar-refractivity contribution is 7.90. The van der Waals surface area contributed by atoms with Gasteiger partial charge in [-0.25, -0.2) is 23.0 Å². The number of rotatable bonds is 13. The van der Waals surface area contributed by atoms with Crippen LogP contribution in [0.4, 0.5) is 22.2 Å². The summed E-state index contributed by atoms with van der Waals surface area (Å²) in [6.45, 7) is 8.81. The van der Waals surface area contributed by atoms with E-state index in [1.807, 2.05) is 29.2 Å². The molecule has 1 aromatic heterocycles. The van der Waals surface area contributed by atoms with Crippen LogP contribution >= 0.6 is 0 Å². The average Bonchev–Trinajstić information content (AvgIpc) is 3.54. The van der Waals surface area contributed by atoms with Gasteiger partial charge in [-0.3, -0.25) is 9.69 Å². The molecule has 2 aliphatic heterocycles. The van der Waals surface area contributed by atoms with Crippen LogP contribution in [0.25, 0.3) is 0 Å². The summed E-state index contributed by atoms with van der Waals surface area (Å²) in [5.41, 5.74) is 2.10. The largest absolute Gasteiger partial charge is 0.493 e. The van der Waals surface area contributed by atoms with E-state index in [1.54, 1.807) is 20.0 Å². The molecule has 2 amide bonds. The Morgan fingerprint density at radius 3 is 2.49 bits per heavy atom. The van der Waals surface area contributed by atoms with Crippen molar-refractivity contribution in [1.29, 1.82) is 0 Å². The van der Waals surface area contributed by atoms with Crippen molar-refractivity contribution in [2.24, 2.45) is 5.92 Å². The first kappa shape index (κ1) is 37.8. The summed E-state index contributed by atoms with van der Waals surface area (Å²) in [4.78, 5) is 52.7. The van der Waals surface area contributed by atoms with Gasteiger partial charge in [-0.2, -0.15) is 4.98 Å². The Balaban J connectivity index is 1.06. The summed E-state index contributed by atoms with van der Waals surface area (Å²) >= 11 is 0. The summed E-state index contributed by atoms with van der Waals surface area (Å²) in [6.07, 6.45) is 7.51. The van der Waals surface area contributed by atoms with Crippen molar-refractivity contribution >= 4 is 45.3 Å². The number of amides is 2. The minimum atomic E-state index is -3.02. The summed E-state index contributed by atoms with van der Waals surface area (Å²) in [5, 5.41) is 3.49. The Bertz CT molecular complexity index is 1690. The van der Waals surface area contributed by atoms with Crippen LogP contribution in [-0.2, 0) is 35.3 Å². The number of sulfone groups is 1. The van der Waals surface area contributed by atoms with Crippen LogP contribution in [-0.4, -0.2) is 110 Å². The standard InChI is InChI=1S/C36H50N6O8S/c1-24(2)49-36(45)40(4)25(3)34(44)50-28-15-19-41(20-16-28)33(43)26-10-12-27(13-11-26)38-35-37-18-14-32(39-35)42-21-17-29-30(42)8-6-9-31(29)48-22-7-23-51(5,46)47/h6,8-9,14,18,25-28H,1,7,10-13,15-17,19-23H2,2-5H3,(H,37,38,39)/t25-,26-,27-/m0/s1. The summed E-state index contributed by atoms with van der Waals surface area (Å²) in [6, 6.07) is 7.13. The number of hydrogen-bond donors (Lipinski definition) is 1. The summed E-state index contributed by atoms with van der Waals surface area (Å²) < 4.78 is 39.5. The molecule has 0 unspecified atom stereocenters. The number of piperidine rings is 1. The van der Waals surface area contributed by atoms with E-state index < -0.39 is 27.9 Å². The second kappa shape index (κ2) is 16.7. The molecule has 278 valence electrons. The van der Waals surface area contributed by atoms with Gasteiger partial charge in [-0.15, -0.1) is 0 Å². The molecule has 3 heterocycles. The van der Waals surface area contributed by atoms with E-state index in [-0.39, 0.29) is 35.5 Å². The van der Waals surface area contributed by atoms with Crippen LogP contribution in [0.1, 0.15) is 64.4 Å². The smallest absolute Gasteiger partial charge is 0.415 e. The Hall–Kier alpha value is -4.40. The molecular weight excluding hydrogens is 676 g/mol. The second-order valence-electron chi connectivity index (χ2n) is 13.7. The molecule has 1 saturated carbocycles. The number of likely N-dealkylation sites (N-methyl/N-ethyl adjacent to an activating group) is 1. The molecule has 1 atom stereocenters. The van der Waals surface area contributed by atoms with E-state index in [2.05, 4.69) is 21.8 Å². The predicted octanol–water partition coefficient (Wildman–Crippen LogP) is 4.48. The Kier molecular flexibility index (Phi) is 12.4. The zero-order valence-electron chi connectivity index (χ0n) is 30.0. The van der Waals surface area contributed by atoms with Crippen molar-refractivity contribution in [1.82, 2.24) is 19.8 Å². The highest BCUT2D eigenvalue weighted by Crippen LogP contribution is 2.39. The SMILES string of the molecule is C=C(C)OC(=O)N(C)[C@@H](C)C(=O)OC1CCN(C(=O)[C@H]2CC[C@H](Nc3nccc(N4CCc5c(OCCCS(C)(=O)=O)cccc54)n3)CC2)CC1. The van der Waals surface area contributed by atoms with Crippen LogP contribution in [0.3, 0.4) is 0 Å². The maximum absolute atomic E-state index is 13.4. The molecule has 1 saturated heterocycles. The first-order valence-corrected chi connectivity index (χ1v) is 19.7. The van der Waals surface area contributed by atoms with Crippen LogP contribution < -0.4 is 15.0 Å². The number of allylic oxidation sites excluding steroid dienone is 1. The maximum Gasteiger partial charge on any atom is 0.415 e. The number of aromatic nitrogens is 2. The Labute approximate surface area is 300 Å². The summed E-state index contributed by atoms with van der Waals surface area (Å²) in [7, 11) is -1.55. The third kappa shape index (κ3) is 10.1. The molecule has 0 spiro atoms. The zero-order chi connectivity index (χ0) is 36.7. The predicted molar refractivity (Wildman–Crippen MR) is 193 cm³/mol. The lowest BCUT2D eigenvalue weighted by Crippen LogP contribution is -2.47. The van der Waals surface area contributed by atoms with E-state index in [1.165, 1.54) is 18.2 Å². The van der Waals surface area contributed by atoms with Crippen molar-refractivity contribution in [2.45, 2.75) is 83.4 Å². The number of ether oxygens (including phenoxy) is 3. The van der Waals surface area contributed by atoms with Crippen LogP contribution in [0.5, 0.6) is 5.75 Å². The van der Waals surface area contributed by atoms with Gasteiger partial charge in [0, 0.05) is 75.2 Å². The number of fused-ring (bicyclic) bond motifs is 1. The number of nitrogens with zero attached hydrogens (tertiary/aromatic N) is 5. The van der Waals surface area contributed by atoms with Gasteiger partial charge in [0.25, 0.3) is 0 Å². The zero-order valence-corrected chi connectivity index (χ0v) is 30.8. The van der Waals surface area contributed by atoms with Crippen molar-refractivity contribution in [3.63, 3.8) is 0 Å². The number of anilines is 3. The number of benzene rings is 1. The minimum absolute atomic E-state index is 0.0497. The topological polar surface area (TPSA) is 161 Å². The molecular formula is C36H50N6O8S. The second-order valence-corrected chi connectivity index (χ2v) is 16.0. The molecule has 2 fully saturated rings. The number of carbonyl (C=O) groups is 3. The van der Waals surface area contributed by atoms with Crippen molar-refractivity contribution in [2.75, 3.05) is 55.5 Å². The molecule has 1 aromatic carbocycles. The fourth-order valence-electron chi connectivity index (χ4n) is 6.77. The highest BCUT2D eigenvalue weighted by atomic mass is 32.2. The minimum Gasteiger partial charge on any atom is -0.493 e. The van der Waals surface area contributed by atoms with E-state index in [0.717, 1.165) is 61.5 Å². The van der Waals surface area contributed by atoms with E-state index in [4.69, 9.17) is 19.2 Å². The Morgan fingerprint density at radius 2 is 1.80 bits per heavy atom. The number of nitrogens with one attached hydrogen (secondary N) is 1. The molecule has 14 nitrogen and oxygen atoms in total. The number of hydrogen-bond acceptors (Lipinski definition) is 12. The van der Waals surface area contributed by atoms with Crippen LogP contribution in [0.2, 0.25) is 0 Å². The lowest BCUT2D eigenvalue weighted by molar-refractivity contribution is -0.157. The molecule has 1 N–H and O–H groups in total. The number of carbonyl (C=O) groups excluding carboxylic acids is 3. The van der Waals surface area contributed by atoms with Crippen molar-refractivity contribution in [3.05, 3.63) is 48.4 Å². The molecule has 1 aliphatic carbocycles. The van der Waals surface area contributed by atoms with Gasteiger partial charge in [-0.05, 0) is 70.6 Å². The lowest BCUT2D eigenvalue weighted by atomic mass is 9.85. The molecule has 15 heteroatoms. The number of esters is 1. The highest BCUT2D eigenvalue weighted by Gasteiger charge is 2.34. The van der Waals surface area contributed by atoms with Gasteiger partial charge in [0.2, 0.25) is 11.9 Å². The average molecular weight is 727 g/mol. The van der Waals surface area contributed by atoms with Gasteiger partial charge in [0.1, 0.15) is 33.6 Å². The monoisotopic (exact) mass is 726 g/mol. The van der Waals surface area contributed by atoms with E-state index in [9.17, 15) is 22.8 Å². The number of likely N-dealkylation sites (tertiary alicyclic amines) is 1. The van der Waals surface area contributed by atoms with Gasteiger partial charge >= 0.3 is 12.1 Å². The molecule has 3 aliphatic rings. The molecule has 0 radical (unpaired) electrons. The lowest BCUT2D eigenvalue weighted by Gasteiger charge is -2.36. The van der Waals surface area contributed by atoms with E-state index in [0.29, 0.717) is 44.9 Å². The third-order valence-electron chi connectivity index (χ3n) is 9.74. The molecule has 0 bridgehead atoms. The first-order valence-electron chi connectivity index (χ1n) is 17.7. The summed E-state index contributed by atoms with van der Waals surface area (Å²) in [5.74, 6) is 2.03. The van der Waals surface area contributed by atoms with Crippen LogP contribution in [0, 0.1) is 5.92 Å². The normalized spacial score (nSPS) is 19.8. The first-order chi connectivity index (χ1) is 24.3. The fraction of sp³-hybridized carbons (Fsp3) is 0.583. The Morgan fingerprint density at radius 1 is 1.08 bits per heavy atom. The quantitative estimate of drug-likeness (QED) is 0.175. The maximum atomic E-state index is 13.4. The van der Waals surface area contributed by atoms with Gasteiger partial charge in [0.05, 0.1) is 18.1 Å². The third-order valence-corrected chi connectivity index (χ3v) is 10.8. The van der Waals surface area contributed by atoms with Gasteiger partial charge in [0.15, 0.2) is 0 Å². The van der Waals surface area contributed by atoms with Gasteiger partial charge < -0.3 is 29.3 Å². The van der Waals surface area contributed by atoms with Crippen molar-refractivity contribution in [3.8, 4) is 5.75 Å². The molecule has 51 heavy (non-hydrogen) atoms. The van der Waals surface area contributed by atoms with Crippen molar-refractivity contribution < 1.29 is 37.0 Å². The fourth-order valence-corrected chi connectivity index (χ4v) is 7.41.